The lowest BCUT2D eigenvalue weighted by molar-refractivity contribution is -0.118. The Morgan fingerprint density at radius 1 is 1.35 bits per heavy atom. The Bertz CT molecular complexity index is 421. The number of amides is 1. The normalized spacial score (nSPS) is 12.2. The standard InChI is InChI=1S/C15H25N3O2/c1-11(2)12(9-16)10-18-13-5-3-4-6-14(13)20-8-7-15(17)19/h3-6,11-12,18H,7-10,16H2,1-2H3,(H2,17,19). The minimum atomic E-state index is -0.363. The molecular formula is C15H25N3O2. The highest BCUT2D eigenvalue weighted by Gasteiger charge is 2.12. The first-order valence-electron chi connectivity index (χ1n) is 6.98. The van der Waals surface area contributed by atoms with E-state index in [2.05, 4.69) is 19.2 Å². The minimum Gasteiger partial charge on any atom is -0.491 e. The summed E-state index contributed by atoms with van der Waals surface area (Å²) < 4.78 is 5.58. The highest BCUT2D eigenvalue weighted by molar-refractivity contribution is 5.73. The van der Waals surface area contributed by atoms with E-state index >= 15 is 0 Å². The Morgan fingerprint density at radius 3 is 2.65 bits per heavy atom. The Balaban J connectivity index is 2.58. The third-order valence-corrected chi connectivity index (χ3v) is 3.29. The molecule has 0 radical (unpaired) electrons. The number of anilines is 1. The molecule has 5 N–H and O–H groups in total. The monoisotopic (exact) mass is 279 g/mol. The van der Waals surface area contributed by atoms with E-state index in [4.69, 9.17) is 16.2 Å². The summed E-state index contributed by atoms with van der Waals surface area (Å²) in [6.45, 7) is 6.06. The van der Waals surface area contributed by atoms with Gasteiger partial charge in [-0.1, -0.05) is 26.0 Å². The van der Waals surface area contributed by atoms with Gasteiger partial charge in [0.15, 0.2) is 0 Å². The van der Waals surface area contributed by atoms with Crippen LogP contribution in [0.5, 0.6) is 5.75 Å². The van der Waals surface area contributed by atoms with E-state index in [-0.39, 0.29) is 12.3 Å². The van der Waals surface area contributed by atoms with Crippen LogP contribution in [0, 0.1) is 11.8 Å². The molecule has 0 aromatic heterocycles. The third kappa shape index (κ3) is 5.48. The van der Waals surface area contributed by atoms with Gasteiger partial charge in [0, 0.05) is 6.54 Å². The fourth-order valence-corrected chi connectivity index (χ4v) is 1.83. The molecule has 0 aliphatic heterocycles. The van der Waals surface area contributed by atoms with Crippen LogP contribution in [0.2, 0.25) is 0 Å². The number of carbonyl (C=O) groups is 1. The largest absolute Gasteiger partial charge is 0.491 e. The molecule has 0 bridgehead atoms. The molecule has 0 aliphatic rings. The number of rotatable bonds is 9. The van der Waals surface area contributed by atoms with E-state index in [0.717, 1.165) is 18.0 Å². The van der Waals surface area contributed by atoms with Gasteiger partial charge < -0.3 is 21.5 Å². The van der Waals surface area contributed by atoms with Crippen LogP contribution >= 0.6 is 0 Å². The second-order valence-electron chi connectivity index (χ2n) is 5.18. The molecule has 20 heavy (non-hydrogen) atoms. The number of hydrogen-bond acceptors (Lipinski definition) is 4. The summed E-state index contributed by atoms with van der Waals surface area (Å²) in [5, 5.41) is 3.36. The SMILES string of the molecule is CC(C)C(CN)CNc1ccccc1OCCC(N)=O. The maximum atomic E-state index is 10.7. The lowest BCUT2D eigenvalue weighted by atomic mass is 9.96. The predicted octanol–water partition coefficient (Wildman–Crippen LogP) is 1.58. The average Bonchev–Trinajstić information content (AvgIpc) is 2.40. The van der Waals surface area contributed by atoms with Gasteiger partial charge >= 0.3 is 0 Å². The molecule has 1 amide bonds. The van der Waals surface area contributed by atoms with Crippen molar-refractivity contribution in [2.45, 2.75) is 20.3 Å². The summed E-state index contributed by atoms with van der Waals surface area (Å²) in [4.78, 5) is 10.7. The van der Waals surface area contributed by atoms with Crippen LogP contribution in [0.4, 0.5) is 5.69 Å². The number of hydrogen-bond donors (Lipinski definition) is 3. The smallest absolute Gasteiger partial charge is 0.220 e. The fourth-order valence-electron chi connectivity index (χ4n) is 1.83. The first-order valence-corrected chi connectivity index (χ1v) is 6.98. The molecule has 0 aliphatic carbocycles. The number of para-hydroxylation sites is 2. The molecule has 5 heteroatoms. The second kappa shape index (κ2) is 8.43. The van der Waals surface area contributed by atoms with Gasteiger partial charge in [0.25, 0.3) is 0 Å². The molecule has 0 fully saturated rings. The van der Waals surface area contributed by atoms with Crippen LogP contribution < -0.4 is 21.5 Å². The van der Waals surface area contributed by atoms with Crippen LogP contribution in [0.1, 0.15) is 20.3 Å². The van der Waals surface area contributed by atoms with E-state index in [1.807, 2.05) is 24.3 Å². The quantitative estimate of drug-likeness (QED) is 0.640. The Morgan fingerprint density at radius 2 is 2.05 bits per heavy atom. The van der Waals surface area contributed by atoms with Crippen molar-refractivity contribution in [1.29, 1.82) is 0 Å². The van der Waals surface area contributed by atoms with Crippen molar-refractivity contribution < 1.29 is 9.53 Å². The van der Waals surface area contributed by atoms with Gasteiger partial charge in [0.05, 0.1) is 18.7 Å². The summed E-state index contributed by atoms with van der Waals surface area (Å²) in [5.74, 6) is 1.30. The molecule has 1 aromatic carbocycles. The summed E-state index contributed by atoms with van der Waals surface area (Å²) in [5.41, 5.74) is 11.8. The molecule has 1 rings (SSSR count). The maximum Gasteiger partial charge on any atom is 0.220 e. The van der Waals surface area contributed by atoms with Gasteiger partial charge in [-0.15, -0.1) is 0 Å². The van der Waals surface area contributed by atoms with E-state index in [0.29, 0.717) is 25.0 Å². The van der Waals surface area contributed by atoms with Crippen LogP contribution in [-0.2, 0) is 4.79 Å². The van der Waals surface area contributed by atoms with E-state index in [9.17, 15) is 4.79 Å². The van der Waals surface area contributed by atoms with Gasteiger partial charge in [-0.2, -0.15) is 0 Å². The number of carbonyl (C=O) groups excluding carboxylic acids is 1. The molecule has 112 valence electrons. The van der Waals surface area contributed by atoms with Gasteiger partial charge in [-0.3, -0.25) is 4.79 Å². The van der Waals surface area contributed by atoms with Gasteiger partial charge in [-0.05, 0) is 30.5 Å². The van der Waals surface area contributed by atoms with Gasteiger partial charge in [0.2, 0.25) is 5.91 Å². The lowest BCUT2D eigenvalue weighted by Crippen LogP contribution is -2.27. The topological polar surface area (TPSA) is 90.4 Å². The molecule has 5 nitrogen and oxygen atoms in total. The van der Waals surface area contributed by atoms with Crippen LogP contribution in [0.25, 0.3) is 0 Å². The summed E-state index contributed by atoms with van der Waals surface area (Å²) in [7, 11) is 0. The Kier molecular flexibility index (Phi) is 6.87. The summed E-state index contributed by atoms with van der Waals surface area (Å²) in [6, 6.07) is 7.66. The molecular weight excluding hydrogens is 254 g/mol. The number of benzene rings is 1. The molecule has 0 heterocycles. The predicted molar refractivity (Wildman–Crippen MR) is 81.6 cm³/mol. The van der Waals surface area contributed by atoms with Gasteiger partial charge in [-0.25, -0.2) is 0 Å². The molecule has 1 aromatic rings. The zero-order valence-corrected chi connectivity index (χ0v) is 12.3. The van der Waals surface area contributed by atoms with Crippen molar-refractivity contribution in [3.8, 4) is 5.75 Å². The van der Waals surface area contributed by atoms with Crippen LogP contribution in [0.15, 0.2) is 24.3 Å². The van der Waals surface area contributed by atoms with E-state index < -0.39 is 0 Å². The van der Waals surface area contributed by atoms with Crippen molar-refractivity contribution in [2.75, 3.05) is 25.0 Å². The molecule has 0 spiro atoms. The van der Waals surface area contributed by atoms with Gasteiger partial charge in [0.1, 0.15) is 5.75 Å². The van der Waals surface area contributed by atoms with Crippen molar-refractivity contribution in [1.82, 2.24) is 0 Å². The Hall–Kier alpha value is -1.75. The number of nitrogens with two attached hydrogens (primary N) is 2. The van der Waals surface area contributed by atoms with Crippen molar-refractivity contribution in [3.05, 3.63) is 24.3 Å². The van der Waals surface area contributed by atoms with Crippen molar-refractivity contribution in [2.24, 2.45) is 23.3 Å². The second-order valence-corrected chi connectivity index (χ2v) is 5.18. The molecule has 0 saturated heterocycles. The summed E-state index contributed by atoms with van der Waals surface area (Å²) in [6.07, 6.45) is 0.214. The van der Waals surface area contributed by atoms with Crippen LogP contribution in [0.3, 0.4) is 0 Å². The zero-order chi connectivity index (χ0) is 15.0. The highest BCUT2D eigenvalue weighted by Crippen LogP contribution is 2.24. The van der Waals surface area contributed by atoms with E-state index in [1.54, 1.807) is 0 Å². The molecule has 0 saturated carbocycles. The maximum absolute atomic E-state index is 10.7. The van der Waals surface area contributed by atoms with Crippen LogP contribution in [-0.4, -0.2) is 25.6 Å². The third-order valence-electron chi connectivity index (χ3n) is 3.29. The van der Waals surface area contributed by atoms with E-state index in [1.165, 1.54) is 0 Å². The number of nitrogens with one attached hydrogen (secondary N) is 1. The average molecular weight is 279 g/mol. The van der Waals surface area contributed by atoms with Crippen molar-refractivity contribution in [3.63, 3.8) is 0 Å². The van der Waals surface area contributed by atoms with Crippen molar-refractivity contribution >= 4 is 11.6 Å². The lowest BCUT2D eigenvalue weighted by Gasteiger charge is -2.21. The molecule has 1 atom stereocenters. The molecule has 1 unspecified atom stereocenters. The number of ether oxygens (including phenoxy) is 1. The Labute approximate surface area is 120 Å². The number of primary amides is 1. The zero-order valence-electron chi connectivity index (χ0n) is 12.3. The minimum absolute atomic E-state index is 0.214. The first-order chi connectivity index (χ1) is 9.54. The fraction of sp³-hybridized carbons (Fsp3) is 0.533. The first kappa shape index (κ1) is 16.3. The summed E-state index contributed by atoms with van der Waals surface area (Å²) >= 11 is 0. The highest BCUT2D eigenvalue weighted by atomic mass is 16.5.